The van der Waals surface area contributed by atoms with E-state index >= 15 is 0 Å². The molecule has 1 fully saturated rings. The minimum Gasteiger partial charge on any atom is -0.507 e. The van der Waals surface area contributed by atoms with Crippen LogP contribution in [0, 0.1) is 27.9 Å². The largest absolute Gasteiger partial charge is 0.507 e. The molecule has 4 atom stereocenters. The van der Waals surface area contributed by atoms with E-state index < -0.39 is 47.2 Å². The fourth-order valence-corrected chi connectivity index (χ4v) is 7.14. The van der Waals surface area contributed by atoms with Gasteiger partial charge in [0, 0.05) is 23.4 Å². The number of nitrogens with zero attached hydrogens (tertiary/aromatic N) is 2. The van der Waals surface area contributed by atoms with Crippen LogP contribution in [-0.2, 0) is 9.59 Å². The number of hydrogen-bond acceptors (Lipinski definition) is 7. The van der Waals surface area contributed by atoms with Gasteiger partial charge in [-0.15, -0.1) is 0 Å². The molecule has 6 rings (SSSR count). The Bertz CT molecular complexity index is 1900. The highest BCUT2D eigenvalue weighted by Gasteiger charge is 2.55. The second-order valence-corrected chi connectivity index (χ2v) is 12.0. The molecule has 0 unspecified atom stereocenters. The van der Waals surface area contributed by atoms with Crippen molar-refractivity contribution < 1.29 is 29.8 Å². The van der Waals surface area contributed by atoms with Gasteiger partial charge in [0.15, 0.2) is 0 Å². The third-order valence-corrected chi connectivity index (χ3v) is 9.28. The number of nitro benzene ring substituents is 1. The van der Waals surface area contributed by atoms with Gasteiger partial charge < -0.3 is 15.3 Å². The van der Waals surface area contributed by atoms with Gasteiger partial charge >= 0.3 is 0 Å². The van der Waals surface area contributed by atoms with E-state index in [9.17, 15) is 35.0 Å². The monoisotopic (exact) mass is 618 g/mol. The lowest BCUT2D eigenvalue weighted by atomic mass is 9.68. The smallest absolute Gasteiger partial charge is 0.271 e. The molecule has 0 aromatic heterocycles. The van der Waals surface area contributed by atoms with E-state index in [2.05, 4.69) is 6.08 Å². The lowest BCUT2D eigenvalue weighted by Crippen LogP contribution is -2.38. The van der Waals surface area contributed by atoms with Crippen LogP contribution in [0.15, 0.2) is 102 Å². The van der Waals surface area contributed by atoms with E-state index in [1.54, 1.807) is 6.07 Å². The second kappa shape index (κ2) is 12.7. The third-order valence-electron chi connectivity index (χ3n) is 9.28. The van der Waals surface area contributed by atoms with E-state index in [1.165, 1.54) is 24.3 Å². The molecule has 4 aromatic rings. The predicted molar refractivity (Wildman–Crippen MR) is 176 cm³/mol. The average molecular weight is 619 g/mol. The van der Waals surface area contributed by atoms with Gasteiger partial charge in [-0.25, -0.2) is 4.90 Å². The Hall–Kier alpha value is -5.12. The van der Waals surface area contributed by atoms with Crippen LogP contribution in [0.3, 0.4) is 0 Å². The minimum atomic E-state index is -0.989. The van der Waals surface area contributed by atoms with Gasteiger partial charge in [-0.1, -0.05) is 78.4 Å². The number of amides is 2. The van der Waals surface area contributed by atoms with E-state index in [0.29, 0.717) is 18.4 Å². The molecule has 9 heteroatoms. The molecule has 9 nitrogen and oxygen atoms in total. The SMILES string of the molecule is CC1=C([C@H](O)CC/C(=C/c2ccc(O)c3ccccc23)c2ccccc2)[C@H](CO)[C@@H]2C(=O)N(c3cccc([N+](=O)[O-])c3)C(=O)[C@@H]2C1. The zero-order chi connectivity index (χ0) is 32.5. The summed E-state index contributed by atoms with van der Waals surface area (Å²) in [6, 6.07) is 26.4. The number of allylic oxidation sites excluding steroid dienone is 2. The molecule has 234 valence electrons. The number of benzene rings is 4. The summed E-state index contributed by atoms with van der Waals surface area (Å²) in [7, 11) is 0. The number of carbonyl (C=O) groups is 2. The average Bonchev–Trinajstić information content (AvgIpc) is 3.32. The molecule has 4 aromatic carbocycles. The number of nitro groups is 1. The quantitative estimate of drug-likeness (QED) is 0.0660. The van der Waals surface area contributed by atoms with Crippen molar-refractivity contribution in [3.05, 3.63) is 123 Å². The van der Waals surface area contributed by atoms with Gasteiger partial charge in [0.05, 0.1) is 35.2 Å². The summed E-state index contributed by atoms with van der Waals surface area (Å²) in [6.07, 6.45) is 2.08. The van der Waals surface area contributed by atoms with Crippen LogP contribution >= 0.6 is 0 Å². The molecule has 2 amide bonds. The van der Waals surface area contributed by atoms with E-state index in [-0.39, 0.29) is 23.5 Å². The van der Waals surface area contributed by atoms with Crippen molar-refractivity contribution >= 4 is 45.6 Å². The first-order valence-electron chi connectivity index (χ1n) is 15.3. The molecule has 0 saturated carbocycles. The minimum absolute atomic E-state index is 0.120. The lowest BCUT2D eigenvalue weighted by molar-refractivity contribution is -0.384. The fraction of sp³-hybridized carbons (Fsp3) is 0.243. The van der Waals surface area contributed by atoms with Crippen LogP contribution in [0.2, 0.25) is 0 Å². The predicted octanol–water partition coefficient (Wildman–Crippen LogP) is 6.27. The van der Waals surface area contributed by atoms with E-state index in [0.717, 1.165) is 37.9 Å². The van der Waals surface area contributed by atoms with Crippen molar-refractivity contribution in [1.82, 2.24) is 0 Å². The first kappa shape index (κ1) is 30.9. The Kier molecular flexibility index (Phi) is 8.53. The van der Waals surface area contributed by atoms with Crippen LogP contribution in [0.4, 0.5) is 11.4 Å². The molecule has 1 aliphatic carbocycles. The van der Waals surface area contributed by atoms with Crippen molar-refractivity contribution in [3.8, 4) is 5.75 Å². The summed E-state index contributed by atoms with van der Waals surface area (Å²) in [6.45, 7) is 1.38. The maximum Gasteiger partial charge on any atom is 0.271 e. The fourth-order valence-electron chi connectivity index (χ4n) is 7.14. The number of anilines is 1. The first-order chi connectivity index (χ1) is 22.2. The first-order valence-corrected chi connectivity index (χ1v) is 15.3. The highest BCUT2D eigenvalue weighted by Crippen LogP contribution is 2.47. The van der Waals surface area contributed by atoms with Crippen LogP contribution in [0.5, 0.6) is 5.75 Å². The van der Waals surface area contributed by atoms with E-state index in [4.69, 9.17) is 0 Å². The molecule has 0 bridgehead atoms. The van der Waals surface area contributed by atoms with Crippen LogP contribution in [0.1, 0.15) is 37.3 Å². The van der Waals surface area contributed by atoms with Gasteiger partial charge in [-0.05, 0) is 66.0 Å². The van der Waals surface area contributed by atoms with Gasteiger partial charge in [-0.3, -0.25) is 19.7 Å². The van der Waals surface area contributed by atoms with Crippen molar-refractivity contribution in [2.24, 2.45) is 17.8 Å². The Balaban J connectivity index is 1.29. The molecule has 3 N–H and O–H groups in total. The van der Waals surface area contributed by atoms with Crippen molar-refractivity contribution in [2.45, 2.75) is 32.3 Å². The van der Waals surface area contributed by atoms with Crippen LogP contribution < -0.4 is 4.90 Å². The summed E-state index contributed by atoms with van der Waals surface area (Å²) < 4.78 is 0. The zero-order valence-corrected chi connectivity index (χ0v) is 25.2. The summed E-state index contributed by atoms with van der Waals surface area (Å²) in [5.41, 5.74) is 4.06. The molecule has 0 radical (unpaired) electrons. The van der Waals surface area contributed by atoms with Gasteiger partial charge in [0.25, 0.3) is 5.69 Å². The number of aliphatic hydroxyl groups excluding tert-OH is 2. The Morgan fingerprint density at radius 3 is 2.41 bits per heavy atom. The lowest BCUT2D eigenvalue weighted by Gasteiger charge is -2.35. The molecular weight excluding hydrogens is 584 g/mol. The van der Waals surface area contributed by atoms with Crippen molar-refractivity contribution in [1.29, 1.82) is 0 Å². The number of phenolic OH excluding ortho intramolecular Hbond substituents is 1. The molecule has 1 aliphatic heterocycles. The number of hydrogen-bond donors (Lipinski definition) is 3. The molecule has 1 saturated heterocycles. The molecule has 1 heterocycles. The number of aliphatic hydroxyl groups is 2. The van der Waals surface area contributed by atoms with Crippen LogP contribution in [-0.4, -0.2) is 44.8 Å². The molecule has 2 aliphatic rings. The summed E-state index contributed by atoms with van der Waals surface area (Å²) >= 11 is 0. The maximum absolute atomic E-state index is 13.8. The Morgan fingerprint density at radius 1 is 0.978 bits per heavy atom. The van der Waals surface area contributed by atoms with E-state index in [1.807, 2.05) is 67.6 Å². The van der Waals surface area contributed by atoms with Crippen molar-refractivity contribution in [3.63, 3.8) is 0 Å². The number of phenols is 1. The second-order valence-electron chi connectivity index (χ2n) is 12.0. The molecule has 46 heavy (non-hydrogen) atoms. The molecular formula is C37H34N2O7. The summed E-state index contributed by atoms with van der Waals surface area (Å²) in [5, 5.41) is 45.6. The van der Waals surface area contributed by atoms with Gasteiger partial charge in [0.2, 0.25) is 11.8 Å². The van der Waals surface area contributed by atoms with Crippen LogP contribution in [0.25, 0.3) is 22.4 Å². The Labute approximate surface area is 265 Å². The maximum atomic E-state index is 13.8. The summed E-state index contributed by atoms with van der Waals surface area (Å²) in [4.78, 5) is 39.0. The highest BCUT2D eigenvalue weighted by atomic mass is 16.6. The Morgan fingerprint density at radius 2 is 1.70 bits per heavy atom. The van der Waals surface area contributed by atoms with Gasteiger partial charge in [0.1, 0.15) is 5.75 Å². The number of aromatic hydroxyl groups is 1. The number of carbonyl (C=O) groups excluding carboxylic acids is 2. The summed E-state index contributed by atoms with van der Waals surface area (Å²) in [5.74, 6) is -3.20. The number of rotatable bonds is 9. The number of non-ortho nitro benzene ring substituents is 1. The number of fused-ring (bicyclic) bond motifs is 2. The van der Waals surface area contributed by atoms with Crippen molar-refractivity contribution in [2.75, 3.05) is 11.5 Å². The highest BCUT2D eigenvalue weighted by molar-refractivity contribution is 6.22. The van der Waals surface area contributed by atoms with Gasteiger partial charge in [-0.2, -0.15) is 0 Å². The number of imide groups is 1. The zero-order valence-electron chi connectivity index (χ0n) is 25.2. The standard InChI is InChI=1S/C37H34N2O7/c1-22-18-30-35(37(44)38(36(30)43)26-10-7-11-27(20-26)39(45)46)31(21-40)34(22)33(42)17-14-24(23-8-3-2-4-9-23)19-25-15-16-32(41)29-13-6-5-12-28(25)29/h2-13,15-16,19-20,30-31,33,35,40-42H,14,17-18,21H2,1H3/b24-19-/t30-,31+,33-,35-/m1/s1. The normalized spacial score (nSPS) is 20.7. The topological polar surface area (TPSA) is 141 Å². The third kappa shape index (κ3) is 5.59. The molecule has 0 spiro atoms.